The van der Waals surface area contributed by atoms with Crippen LogP contribution in [0.15, 0.2) is 27.9 Å². The highest BCUT2D eigenvalue weighted by Crippen LogP contribution is 2.24. The van der Waals surface area contributed by atoms with Crippen LogP contribution in [0.4, 0.5) is 11.5 Å². The van der Waals surface area contributed by atoms with Crippen LogP contribution in [-0.2, 0) is 0 Å². The Kier molecular flexibility index (Phi) is 3.80. The van der Waals surface area contributed by atoms with Crippen LogP contribution in [0.3, 0.4) is 0 Å². The maximum absolute atomic E-state index is 11.9. The minimum absolute atomic E-state index is 0.0775. The second-order valence-electron chi connectivity index (χ2n) is 3.70. The quantitative estimate of drug-likeness (QED) is 0.420. The number of hydrogen-bond acceptors (Lipinski definition) is 6. The van der Waals surface area contributed by atoms with Gasteiger partial charge in [-0.05, 0) is 6.07 Å². The number of nitrogens with zero attached hydrogens (tertiary/aromatic N) is 2. The number of carbonyl (C=O) groups is 1. The van der Waals surface area contributed by atoms with Gasteiger partial charge in [-0.3, -0.25) is 24.7 Å². The largest absolute Gasteiger partial charge is 0.325 e. The molecule has 0 unspecified atom stereocenters. The SMILES string of the molecule is O=C(Nc1nc(Cl)ccc1[N+](=O)[O-])c1c[nH]c(=O)[nH]c1=O. The minimum Gasteiger partial charge on any atom is -0.313 e. The molecule has 0 fully saturated rings. The van der Waals surface area contributed by atoms with Crippen LogP contribution in [0.2, 0.25) is 5.15 Å². The predicted octanol–water partition coefficient (Wildman–Crippen LogP) is 0.272. The molecule has 2 heterocycles. The monoisotopic (exact) mass is 311 g/mol. The fourth-order valence-corrected chi connectivity index (χ4v) is 1.57. The van der Waals surface area contributed by atoms with Crippen molar-refractivity contribution in [1.82, 2.24) is 15.0 Å². The van der Waals surface area contributed by atoms with Gasteiger partial charge in [0, 0.05) is 12.3 Å². The summed E-state index contributed by atoms with van der Waals surface area (Å²) < 4.78 is 0. The normalized spacial score (nSPS) is 10.1. The molecule has 0 aliphatic heterocycles. The molecule has 0 saturated heterocycles. The second kappa shape index (κ2) is 5.54. The van der Waals surface area contributed by atoms with Crippen molar-refractivity contribution in [1.29, 1.82) is 0 Å². The third-order valence-electron chi connectivity index (χ3n) is 2.33. The van der Waals surface area contributed by atoms with Crippen molar-refractivity contribution in [2.75, 3.05) is 5.32 Å². The second-order valence-corrected chi connectivity index (χ2v) is 4.09. The molecule has 21 heavy (non-hydrogen) atoms. The highest BCUT2D eigenvalue weighted by molar-refractivity contribution is 6.29. The molecule has 2 aromatic rings. The topological polar surface area (TPSA) is 151 Å². The number of rotatable bonds is 3. The molecule has 0 aliphatic rings. The molecule has 10 nitrogen and oxygen atoms in total. The number of nitrogens with one attached hydrogen (secondary N) is 3. The lowest BCUT2D eigenvalue weighted by Crippen LogP contribution is -2.30. The van der Waals surface area contributed by atoms with E-state index in [4.69, 9.17) is 11.6 Å². The molecule has 1 amide bonds. The van der Waals surface area contributed by atoms with Gasteiger partial charge < -0.3 is 10.3 Å². The Hall–Kier alpha value is -3.01. The highest BCUT2D eigenvalue weighted by atomic mass is 35.5. The van der Waals surface area contributed by atoms with Crippen LogP contribution in [0.1, 0.15) is 10.4 Å². The van der Waals surface area contributed by atoms with Crippen molar-refractivity contribution < 1.29 is 9.72 Å². The van der Waals surface area contributed by atoms with E-state index < -0.39 is 39.1 Å². The Bertz CT molecular complexity index is 842. The average Bonchev–Trinajstić information content (AvgIpc) is 2.37. The molecule has 0 aliphatic carbocycles. The molecule has 108 valence electrons. The molecule has 0 spiro atoms. The summed E-state index contributed by atoms with van der Waals surface area (Å²) in [5.74, 6) is -1.39. The van der Waals surface area contributed by atoms with Crippen molar-refractivity contribution in [2.24, 2.45) is 0 Å². The molecule has 2 rings (SSSR count). The molecule has 3 N–H and O–H groups in total. The third kappa shape index (κ3) is 3.12. The number of hydrogen-bond donors (Lipinski definition) is 3. The summed E-state index contributed by atoms with van der Waals surface area (Å²) in [6, 6.07) is 2.24. The maximum atomic E-state index is 11.9. The number of halogens is 1. The molecule has 0 saturated carbocycles. The number of carbonyl (C=O) groups excluding carboxylic acids is 1. The summed E-state index contributed by atoms with van der Waals surface area (Å²) in [6.07, 6.45) is 0.882. The molecule has 0 bridgehead atoms. The summed E-state index contributed by atoms with van der Waals surface area (Å²) in [7, 11) is 0. The highest BCUT2D eigenvalue weighted by Gasteiger charge is 2.20. The molecular formula is C10H6ClN5O5. The lowest BCUT2D eigenvalue weighted by atomic mass is 10.3. The van der Waals surface area contributed by atoms with Gasteiger partial charge in [0.1, 0.15) is 10.7 Å². The van der Waals surface area contributed by atoms with Gasteiger partial charge in [-0.15, -0.1) is 0 Å². The summed E-state index contributed by atoms with van der Waals surface area (Å²) >= 11 is 5.60. The fourth-order valence-electron chi connectivity index (χ4n) is 1.42. The van der Waals surface area contributed by atoms with Gasteiger partial charge in [-0.2, -0.15) is 0 Å². The number of aromatic nitrogens is 3. The van der Waals surface area contributed by atoms with E-state index in [2.05, 4.69) is 15.3 Å². The molecule has 0 radical (unpaired) electrons. The zero-order valence-corrected chi connectivity index (χ0v) is 10.8. The molecule has 0 atom stereocenters. The van der Waals surface area contributed by atoms with E-state index in [-0.39, 0.29) is 5.15 Å². The minimum atomic E-state index is -0.981. The number of nitro groups is 1. The Labute approximate surface area is 120 Å². The Morgan fingerprint density at radius 3 is 2.71 bits per heavy atom. The van der Waals surface area contributed by atoms with E-state index in [0.717, 1.165) is 12.3 Å². The van der Waals surface area contributed by atoms with Crippen molar-refractivity contribution in [2.45, 2.75) is 0 Å². The average molecular weight is 312 g/mol. The van der Waals surface area contributed by atoms with Crippen molar-refractivity contribution in [3.05, 3.63) is 60.0 Å². The first kappa shape index (κ1) is 14.4. The van der Waals surface area contributed by atoms with Crippen LogP contribution in [0.25, 0.3) is 0 Å². The van der Waals surface area contributed by atoms with Crippen LogP contribution in [-0.4, -0.2) is 25.8 Å². The lowest BCUT2D eigenvalue weighted by molar-refractivity contribution is -0.384. The molecular weight excluding hydrogens is 306 g/mol. The number of H-pyrrole nitrogens is 2. The summed E-state index contributed by atoms with van der Waals surface area (Å²) in [5.41, 5.74) is -2.66. The fraction of sp³-hybridized carbons (Fsp3) is 0. The standard InChI is InChI=1S/C10H6ClN5O5/c11-6-2-1-5(16(20)21)7(13-6)14-8(17)4-3-12-10(19)15-9(4)18/h1-3H,(H,13,14,17)(H2,12,15,18,19). The van der Waals surface area contributed by atoms with E-state index in [1.807, 2.05) is 4.98 Å². The van der Waals surface area contributed by atoms with Gasteiger partial charge in [0.2, 0.25) is 5.82 Å². The van der Waals surface area contributed by atoms with Crippen molar-refractivity contribution in [3.8, 4) is 0 Å². The van der Waals surface area contributed by atoms with Crippen molar-refractivity contribution in [3.63, 3.8) is 0 Å². The number of aromatic amines is 2. The van der Waals surface area contributed by atoms with E-state index >= 15 is 0 Å². The van der Waals surface area contributed by atoms with E-state index in [1.165, 1.54) is 6.07 Å². The van der Waals surface area contributed by atoms with Gasteiger partial charge in [-0.25, -0.2) is 9.78 Å². The van der Waals surface area contributed by atoms with Crippen LogP contribution < -0.4 is 16.6 Å². The first-order valence-corrected chi connectivity index (χ1v) is 5.70. The van der Waals surface area contributed by atoms with Crippen LogP contribution in [0, 0.1) is 10.1 Å². The van der Waals surface area contributed by atoms with Gasteiger partial charge in [0.05, 0.1) is 4.92 Å². The first-order valence-electron chi connectivity index (χ1n) is 5.33. The van der Waals surface area contributed by atoms with Crippen LogP contribution >= 0.6 is 11.6 Å². The van der Waals surface area contributed by atoms with Crippen LogP contribution in [0.5, 0.6) is 0 Å². The molecule has 0 aromatic carbocycles. The Balaban J connectivity index is 2.40. The number of pyridine rings is 1. The Morgan fingerprint density at radius 1 is 1.38 bits per heavy atom. The summed E-state index contributed by atoms with van der Waals surface area (Å²) in [6.45, 7) is 0. The van der Waals surface area contributed by atoms with Crippen molar-refractivity contribution >= 4 is 29.0 Å². The predicted molar refractivity (Wildman–Crippen MR) is 71.5 cm³/mol. The molecule has 11 heteroatoms. The van der Waals surface area contributed by atoms with Gasteiger partial charge >= 0.3 is 11.4 Å². The van der Waals surface area contributed by atoms with Gasteiger partial charge in [0.15, 0.2) is 0 Å². The Morgan fingerprint density at radius 2 is 2.10 bits per heavy atom. The number of anilines is 1. The zero-order valence-electron chi connectivity index (χ0n) is 10.0. The van der Waals surface area contributed by atoms with E-state index in [0.29, 0.717) is 0 Å². The first-order chi connectivity index (χ1) is 9.88. The summed E-state index contributed by atoms with van der Waals surface area (Å²) in [4.78, 5) is 51.8. The van der Waals surface area contributed by atoms with E-state index in [9.17, 15) is 24.5 Å². The lowest BCUT2D eigenvalue weighted by Gasteiger charge is -2.04. The maximum Gasteiger partial charge on any atom is 0.325 e. The van der Waals surface area contributed by atoms with E-state index in [1.54, 1.807) is 0 Å². The molecule has 2 aromatic heterocycles. The van der Waals surface area contributed by atoms with Gasteiger partial charge in [0.25, 0.3) is 11.5 Å². The zero-order chi connectivity index (χ0) is 15.6. The smallest absolute Gasteiger partial charge is 0.313 e. The number of amides is 1. The third-order valence-corrected chi connectivity index (χ3v) is 2.54. The summed E-state index contributed by atoms with van der Waals surface area (Å²) in [5, 5.41) is 12.8. The van der Waals surface area contributed by atoms with Gasteiger partial charge in [-0.1, -0.05) is 11.6 Å².